The van der Waals surface area contributed by atoms with Gasteiger partial charge in [0.1, 0.15) is 18.0 Å². The summed E-state index contributed by atoms with van der Waals surface area (Å²) in [7, 11) is 1.39. The Balaban J connectivity index is 2.42. The SMILES string of the molecule is COc1c(N)ncnc1Nc1cc(Br)c(F)cc1F. The van der Waals surface area contributed by atoms with Crippen molar-refractivity contribution < 1.29 is 13.5 Å². The van der Waals surface area contributed by atoms with E-state index in [0.29, 0.717) is 0 Å². The first-order chi connectivity index (χ1) is 9.02. The largest absolute Gasteiger partial charge is 0.490 e. The van der Waals surface area contributed by atoms with E-state index in [1.54, 1.807) is 0 Å². The van der Waals surface area contributed by atoms with Crippen LogP contribution < -0.4 is 15.8 Å². The van der Waals surface area contributed by atoms with Crippen molar-refractivity contribution in [3.63, 3.8) is 0 Å². The van der Waals surface area contributed by atoms with E-state index in [0.717, 1.165) is 6.07 Å². The molecular formula is C11H9BrF2N4O. The molecule has 1 aromatic carbocycles. The summed E-state index contributed by atoms with van der Waals surface area (Å²) in [6.07, 6.45) is 1.21. The molecule has 0 saturated carbocycles. The number of aromatic nitrogens is 2. The van der Waals surface area contributed by atoms with Crippen molar-refractivity contribution in [2.24, 2.45) is 0 Å². The first-order valence-corrected chi connectivity index (χ1v) is 5.88. The predicted molar refractivity (Wildman–Crippen MR) is 70.3 cm³/mol. The molecule has 0 saturated heterocycles. The molecule has 0 fully saturated rings. The number of benzene rings is 1. The number of nitrogens with two attached hydrogens (primary N) is 1. The Hall–Kier alpha value is -1.96. The molecule has 2 aromatic rings. The summed E-state index contributed by atoms with van der Waals surface area (Å²) in [4.78, 5) is 7.64. The molecule has 1 aromatic heterocycles. The Kier molecular flexibility index (Phi) is 3.79. The molecule has 0 aliphatic heterocycles. The molecule has 100 valence electrons. The van der Waals surface area contributed by atoms with E-state index in [4.69, 9.17) is 10.5 Å². The molecule has 0 amide bonds. The van der Waals surface area contributed by atoms with Gasteiger partial charge in [-0.1, -0.05) is 0 Å². The van der Waals surface area contributed by atoms with Gasteiger partial charge in [-0.15, -0.1) is 0 Å². The van der Waals surface area contributed by atoms with E-state index in [1.165, 1.54) is 19.5 Å². The summed E-state index contributed by atoms with van der Waals surface area (Å²) in [5.41, 5.74) is 5.63. The molecule has 0 radical (unpaired) electrons. The number of hydrogen-bond acceptors (Lipinski definition) is 5. The fourth-order valence-electron chi connectivity index (χ4n) is 1.42. The van der Waals surface area contributed by atoms with Crippen LogP contribution in [0.3, 0.4) is 0 Å². The van der Waals surface area contributed by atoms with Crippen molar-refractivity contribution >= 4 is 33.3 Å². The van der Waals surface area contributed by atoms with Gasteiger partial charge in [0.05, 0.1) is 17.3 Å². The van der Waals surface area contributed by atoms with Crippen LogP contribution in [-0.2, 0) is 0 Å². The number of anilines is 3. The Bertz CT molecular complexity index is 624. The fraction of sp³-hybridized carbons (Fsp3) is 0.0909. The Labute approximate surface area is 115 Å². The lowest BCUT2D eigenvalue weighted by Gasteiger charge is -2.12. The minimum Gasteiger partial charge on any atom is -0.490 e. The molecule has 2 rings (SSSR count). The van der Waals surface area contributed by atoms with Crippen LogP contribution in [0.4, 0.5) is 26.1 Å². The quantitative estimate of drug-likeness (QED) is 0.846. The molecule has 1 heterocycles. The number of nitrogens with zero attached hydrogens (tertiary/aromatic N) is 2. The van der Waals surface area contributed by atoms with Gasteiger partial charge in [-0.3, -0.25) is 0 Å². The van der Waals surface area contributed by atoms with Crippen molar-refractivity contribution in [1.29, 1.82) is 0 Å². The fourth-order valence-corrected chi connectivity index (χ4v) is 1.77. The normalized spacial score (nSPS) is 10.3. The van der Waals surface area contributed by atoms with Crippen LogP contribution in [0, 0.1) is 11.6 Å². The third kappa shape index (κ3) is 2.73. The summed E-state index contributed by atoms with van der Waals surface area (Å²) in [6.45, 7) is 0. The van der Waals surface area contributed by atoms with Crippen molar-refractivity contribution in [3.8, 4) is 5.75 Å². The van der Waals surface area contributed by atoms with Crippen molar-refractivity contribution in [2.45, 2.75) is 0 Å². The lowest BCUT2D eigenvalue weighted by Crippen LogP contribution is -2.04. The van der Waals surface area contributed by atoms with Crippen molar-refractivity contribution in [1.82, 2.24) is 9.97 Å². The first-order valence-electron chi connectivity index (χ1n) is 5.09. The third-order valence-electron chi connectivity index (χ3n) is 2.30. The highest BCUT2D eigenvalue weighted by atomic mass is 79.9. The monoisotopic (exact) mass is 330 g/mol. The van der Waals surface area contributed by atoms with E-state index < -0.39 is 11.6 Å². The second-order valence-electron chi connectivity index (χ2n) is 3.51. The molecule has 8 heteroatoms. The number of nitrogens with one attached hydrogen (secondary N) is 1. The molecule has 0 spiro atoms. The first kappa shape index (κ1) is 13.5. The van der Waals surface area contributed by atoms with Gasteiger partial charge in [0.2, 0.25) is 5.75 Å². The summed E-state index contributed by atoms with van der Waals surface area (Å²) in [6, 6.07) is 2.01. The Morgan fingerprint density at radius 2 is 2.00 bits per heavy atom. The summed E-state index contributed by atoms with van der Waals surface area (Å²) >= 11 is 2.97. The van der Waals surface area contributed by atoms with Gasteiger partial charge < -0.3 is 15.8 Å². The number of methoxy groups -OCH3 is 1. The molecule has 0 aliphatic carbocycles. The predicted octanol–water partition coefficient (Wildman–Crippen LogP) is 2.85. The van der Waals surface area contributed by atoms with Gasteiger partial charge in [-0.05, 0) is 22.0 Å². The average Bonchev–Trinajstić information content (AvgIpc) is 2.36. The van der Waals surface area contributed by atoms with E-state index >= 15 is 0 Å². The van der Waals surface area contributed by atoms with Gasteiger partial charge in [0.15, 0.2) is 11.6 Å². The molecule has 3 N–H and O–H groups in total. The van der Waals surface area contributed by atoms with Gasteiger partial charge in [-0.2, -0.15) is 0 Å². The highest BCUT2D eigenvalue weighted by Gasteiger charge is 2.13. The zero-order valence-corrected chi connectivity index (χ0v) is 11.3. The molecule has 5 nitrogen and oxygen atoms in total. The van der Waals surface area contributed by atoms with E-state index in [9.17, 15) is 8.78 Å². The topological polar surface area (TPSA) is 73.1 Å². The smallest absolute Gasteiger partial charge is 0.204 e. The lowest BCUT2D eigenvalue weighted by atomic mass is 10.3. The van der Waals surface area contributed by atoms with Crippen LogP contribution in [0.2, 0.25) is 0 Å². The molecule has 19 heavy (non-hydrogen) atoms. The third-order valence-corrected chi connectivity index (χ3v) is 2.91. The second kappa shape index (κ2) is 5.35. The van der Waals surface area contributed by atoms with Gasteiger partial charge in [0, 0.05) is 6.07 Å². The van der Waals surface area contributed by atoms with E-state index in [2.05, 4.69) is 31.2 Å². The van der Waals surface area contributed by atoms with Crippen LogP contribution in [-0.4, -0.2) is 17.1 Å². The Morgan fingerprint density at radius 3 is 2.68 bits per heavy atom. The number of ether oxygens (including phenoxy) is 1. The Morgan fingerprint density at radius 1 is 1.26 bits per heavy atom. The lowest BCUT2D eigenvalue weighted by molar-refractivity contribution is 0.415. The van der Waals surface area contributed by atoms with E-state index in [-0.39, 0.29) is 27.5 Å². The number of hydrogen-bond donors (Lipinski definition) is 2. The summed E-state index contributed by atoms with van der Waals surface area (Å²) in [5, 5.41) is 2.67. The average molecular weight is 331 g/mol. The molecule has 0 aliphatic rings. The van der Waals surface area contributed by atoms with Gasteiger partial charge >= 0.3 is 0 Å². The number of halogens is 3. The molecular weight excluding hydrogens is 322 g/mol. The molecule has 0 atom stereocenters. The van der Waals surface area contributed by atoms with Crippen molar-refractivity contribution in [3.05, 3.63) is 34.6 Å². The maximum atomic E-state index is 13.6. The van der Waals surface area contributed by atoms with E-state index in [1.807, 2.05) is 0 Å². The minimum atomic E-state index is -0.764. The van der Waals surface area contributed by atoms with Crippen LogP contribution >= 0.6 is 15.9 Å². The molecule has 0 unspecified atom stereocenters. The maximum absolute atomic E-state index is 13.6. The van der Waals surface area contributed by atoms with Crippen LogP contribution in [0.15, 0.2) is 22.9 Å². The number of rotatable bonds is 3. The molecule has 0 bridgehead atoms. The van der Waals surface area contributed by atoms with Gasteiger partial charge in [-0.25, -0.2) is 18.7 Å². The van der Waals surface area contributed by atoms with Crippen LogP contribution in [0.25, 0.3) is 0 Å². The number of nitrogen functional groups attached to an aromatic ring is 1. The second-order valence-corrected chi connectivity index (χ2v) is 4.37. The zero-order chi connectivity index (χ0) is 14.0. The minimum absolute atomic E-state index is 0.0321. The maximum Gasteiger partial charge on any atom is 0.204 e. The highest BCUT2D eigenvalue weighted by Crippen LogP contribution is 2.31. The summed E-state index contributed by atoms with van der Waals surface area (Å²) in [5.74, 6) is -0.978. The van der Waals surface area contributed by atoms with Crippen molar-refractivity contribution in [2.75, 3.05) is 18.2 Å². The van der Waals surface area contributed by atoms with Crippen LogP contribution in [0.1, 0.15) is 0 Å². The van der Waals surface area contributed by atoms with Gasteiger partial charge in [0.25, 0.3) is 0 Å². The highest BCUT2D eigenvalue weighted by molar-refractivity contribution is 9.10. The standard InChI is InChI=1S/C11H9BrF2N4O/c1-19-9-10(15)16-4-17-11(9)18-8-2-5(12)6(13)3-7(8)14/h2-4H,1H3,(H3,15,16,17,18). The zero-order valence-electron chi connectivity index (χ0n) is 9.75. The summed E-state index contributed by atoms with van der Waals surface area (Å²) < 4.78 is 31.9. The van der Waals surface area contributed by atoms with Crippen LogP contribution in [0.5, 0.6) is 5.75 Å².